The van der Waals surface area contributed by atoms with E-state index in [1.807, 2.05) is 0 Å². The lowest BCUT2D eigenvalue weighted by molar-refractivity contribution is -0.141. The zero-order valence-corrected chi connectivity index (χ0v) is 20.0. The van der Waals surface area contributed by atoms with Crippen LogP contribution >= 0.6 is 0 Å². The van der Waals surface area contributed by atoms with Gasteiger partial charge in [0.1, 0.15) is 11.6 Å². The Labute approximate surface area is 194 Å². The molecule has 2 N–H and O–H groups in total. The average Bonchev–Trinajstić information content (AvgIpc) is 2.72. The molecule has 1 heterocycles. The molecule has 0 bridgehead atoms. The third kappa shape index (κ3) is 9.39. The Hall–Kier alpha value is -2.66. The van der Waals surface area contributed by atoms with Crippen LogP contribution in [-0.2, 0) is 35.3 Å². The Morgan fingerprint density at radius 3 is 2.27 bits per heavy atom. The second-order valence-electron chi connectivity index (χ2n) is 8.94. The molecule has 10 nitrogen and oxygen atoms in total. The van der Waals surface area contributed by atoms with Gasteiger partial charge < -0.3 is 24.8 Å². The third-order valence-corrected chi connectivity index (χ3v) is 6.61. The van der Waals surface area contributed by atoms with Gasteiger partial charge in [-0.15, -0.1) is 0 Å². The summed E-state index contributed by atoms with van der Waals surface area (Å²) in [5, 5.41) is 11.9. The number of aliphatic carboxylic acids is 1. The van der Waals surface area contributed by atoms with Gasteiger partial charge in [-0.2, -0.15) is 0 Å². The molecule has 11 heteroatoms. The molecule has 2 amide bonds. The number of carbonyl (C=O) groups is 3. The minimum Gasteiger partial charge on any atom is -0.481 e. The van der Waals surface area contributed by atoms with Gasteiger partial charge in [0, 0.05) is 13.1 Å². The van der Waals surface area contributed by atoms with Gasteiger partial charge in [0.15, 0.2) is 9.84 Å². The van der Waals surface area contributed by atoms with Crippen LogP contribution in [0.15, 0.2) is 30.3 Å². The number of benzene rings is 1. The van der Waals surface area contributed by atoms with E-state index in [1.165, 1.54) is 4.90 Å². The van der Waals surface area contributed by atoms with Crippen LogP contribution in [0.4, 0.5) is 4.79 Å². The van der Waals surface area contributed by atoms with Gasteiger partial charge in [-0.3, -0.25) is 9.59 Å². The van der Waals surface area contributed by atoms with Gasteiger partial charge in [-0.05, 0) is 32.8 Å². The van der Waals surface area contributed by atoms with Crippen LogP contribution in [0, 0.1) is 5.92 Å². The number of amides is 2. The maximum atomic E-state index is 13.0. The fraction of sp³-hybridized carbons (Fsp3) is 0.591. The molecule has 0 aliphatic carbocycles. The fourth-order valence-corrected chi connectivity index (χ4v) is 5.12. The van der Waals surface area contributed by atoms with Crippen molar-refractivity contribution in [3.63, 3.8) is 0 Å². The van der Waals surface area contributed by atoms with Crippen molar-refractivity contribution in [1.29, 1.82) is 0 Å². The summed E-state index contributed by atoms with van der Waals surface area (Å²) < 4.78 is 36.3. The van der Waals surface area contributed by atoms with E-state index in [4.69, 9.17) is 9.47 Å². The number of hydrogen-bond donors (Lipinski definition) is 2. The number of carboxylic acids is 1. The molecule has 33 heavy (non-hydrogen) atoms. The maximum absolute atomic E-state index is 13.0. The minimum atomic E-state index is -4.05. The van der Waals surface area contributed by atoms with Gasteiger partial charge in [0.05, 0.1) is 30.6 Å². The van der Waals surface area contributed by atoms with E-state index in [0.29, 0.717) is 18.8 Å². The second-order valence-corrected chi connectivity index (χ2v) is 11.1. The Balaban J connectivity index is 2.17. The Bertz CT molecular complexity index is 921. The van der Waals surface area contributed by atoms with E-state index in [2.05, 4.69) is 5.32 Å². The topological polar surface area (TPSA) is 139 Å². The quantitative estimate of drug-likeness (QED) is 0.531. The summed E-state index contributed by atoms with van der Waals surface area (Å²) in [6.07, 6.45) is -0.903. The van der Waals surface area contributed by atoms with Gasteiger partial charge in [0.25, 0.3) is 0 Å². The SMILES string of the molecule is CC(C)(C)OC(=O)N[C@H](CS(=O)(=O)CC(Cc1ccccc1)C(=O)O)C(=O)N1CCOCC1. The van der Waals surface area contributed by atoms with Gasteiger partial charge in [-0.1, -0.05) is 30.3 Å². The van der Waals surface area contributed by atoms with Crippen LogP contribution in [-0.4, -0.2) is 85.8 Å². The first kappa shape index (κ1) is 26.6. The first-order chi connectivity index (χ1) is 15.4. The lowest BCUT2D eigenvalue weighted by Crippen LogP contribution is -2.55. The van der Waals surface area contributed by atoms with Crippen molar-refractivity contribution in [1.82, 2.24) is 10.2 Å². The summed E-state index contributed by atoms with van der Waals surface area (Å²) in [4.78, 5) is 38.5. The first-order valence-corrected chi connectivity index (χ1v) is 12.5. The number of carboxylic acid groups (broad SMARTS) is 1. The molecule has 184 valence electrons. The second kappa shape index (κ2) is 11.5. The first-order valence-electron chi connectivity index (χ1n) is 10.7. The minimum absolute atomic E-state index is 0.0248. The molecule has 0 spiro atoms. The third-order valence-electron chi connectivity index (χ3n) is 4.86. The molecule has 1 unspecified atom stereocenters. The maximum Gasteiger partial charge on any atom is 0.408 e. The van der Waals surface area contributed by atoms with Crippen molar-refractivity contribution in [2.45, 2.75) is 38.8 Å². The molecule has 0 aromatic heterocycles. The highest BCUT2D eigenvalue weighted by molar-refractivity contribution is 7.91. The van der Waals surface area contributed by atoms with Crippen molar-refractivity contribution in [2.24, 2.45) is 5.92 Å². The van der Waals surface area contributed by atoms with E-state index < -0.39 is 56.9 Å². The normalized spacial score (nSPS) is 16.5. The molecule has 0 saturated carbocycles. The highest BCUT2D eigenvalue weighted by Crippen LogP contribution is 2.15. The summed E-state index contributed by atoms with van der Waals surface area (Å²) in [5.74, 6) is -4.43. The lowest BCUT2D eigenvalue weighted by Gasteiger charge is -2.31. The smallest absolute Gasteiger partial charge is 0.408 e. The van der Waals surface area contributed by atoms with Gasteiger partial charge in [0.2, 0.25) is 5.91 Å². The zero-order chi connectivity index (χ0) is 24.6. The fourth-order valence-electron chi connectivity index (χ4n) is 3.37. The Kier molecular flexibility index (Phi) is 9.24. The Morgan fingerprint density at radius 2 is 1.73 bits per heavy atom. The monoisotopic (exact) mass is 484 g/mol. The highest BCUT2D eigenvalue weighted by atomic mass is 32.2. The largest absolute Gasteiger partial charge is 0.481 e. The van der Waals surface area contributed by atoms with E-state index >= 15 is 0 Å². The van der Waals surface area contributed by atoms with E-state index in [-0.39, 0.29) is 19.5 Å². The molecule has 1 aromatic carbocycles. The molecular formula is C22H32N2O8S. The van der Waals surface area contributed by atoms with E-state index in [1.54, 1.807) is 51.1 Å². The molecule has 1 aromatic rings. The average molecular weight is 485 g/mol. The standard InChI is InChI=1S/C22H32N2O8S/c1-22(2,3)32-21(28)23-18(19(25)24-9-11-31-12-10-24)15-33(29,30)14-17(20(26)27)13-16-7-5-4-6-8-16/h4-8,17-18H,9-15H2,1-3H3,(H,23,28)(H,26,27)/t17?,18-/m1/s1. The van der Waals surface area contributed by atoms with E-state index in [9.17, 15) is 27.9 Å². The van der Waals surface area contributed by atoms with Crippen LogP contribution in [0.25, 0.3) is 0 Å². The molecule has 2 atom stereocenters. The summed E-state index contributed by atoms with van der Waals surface area (Å²) in [7, 11) is -4.05. The van der Waals surface area contributed by atoms with Crippen LogP contribution in [0.5, 0.6) is 0 Å². The molecule has 1 aliphatic rings. The van der Waals surface area contributed by atoms with Gasteiger partial charge >= 0.3 is 12.1 Å². The highest BCUT2D eigenvalue weighted by Gasteiger charge is 2.35. The van der Waals surface area contributed by atoms with Crippen molar-refractivity contribution >= 4 is 27.8 Å². The van der Waals surface area contributed by atoms with Crippen molar-refractivity contribution in [3.8, 4) is 0 Å². The molecule has 1 saturated heterocycles. The molecule has 2 rings (SSSR count). The van der Waals surface area contributed by atoms with Crippen molar-refractivity contribution in [2.75, 3.05) is 37.8 Å². The number of morpholine rings is 1. The Morgan fingerprint density at radius 1 is 1.12 bits per heavy atom. The predicted octanol–water partition coefficient (Wildman–Crippen LogP) is 1.10. The lowest BCUT2D eigenvalue weighted by atomic mass is 10.0. The van der Waals surface area contributed by atoms with Crippen molar-refractivity contribution < 1.29 is 37.4 Å². The predicted molar refractivity (Wildman–Crippen MR) is 120 cm³/mol. The number of nitrogens with zero attached hydrogens (tertiary/aromatic N) is 1. The molecule has 1 aliphatic heterocycles. The molecular weight excluding hydrogens is 452 g/mol. The summed E-state index contributed by atoms with van der Waals surface area (Å²) in [5.41, 5.74) is -0.160. The molecule has 0 radical (unpaired) electrons. The van der Waals surface area contributed by atoms with Crippen LogP contribution in [0.2, 0.25) is 0 Å². The van der Waals surface area contributed by atoms with Gasteiger partial charge in [-0.25, -0.2) is 13.2 Å². The zero-order valence-electron chi connectivity index (χ0n) is 19.2. The molecule has 1 fully saturated rings. The van der Waals surface area contributed by atoms with Crippen LogP contribution < -0.4 is 5.32 Å². The van der Waals surface area contributed by atoms with E-state index in [0.717, 1.165) is 0 Å². The number of nitrogens with one attached hydrogen (secondary N) is 1. The number of ether oxygens (including phenoxy) is 2. The summed E-state index contributed by atoms with van der Waals surface area (Å²) >= 11 is 0. The number of sulfone groups is 1. The van der Waals surface area contributed by atoms with Crippen LogP contribution in [0.3, 0.4) is 0 Å². The number of alkyl carbamates (subject to hydrolysis) is 1. The summed E-state index contributed by atoms with van der Waals surface area (Å²) in [6.45, 7) is 6.05. The summed E-state index contributed by atoms with van der Waals surface area (Å²) in [6, 6.07) is 7.29. The van der Waals surface area contributed by atoms with Crippen molar-refractivity contribution in [3.05, 3.63) is 35.9 Å². The van der Waals surface area contributed by atoms with Crippen LogP contribution in [0.1, 0.15) is 26.3 Å². The number of hydrogen-bond acceptors (Lipinski definition) is 7. The number of carbonyl (C=O) groups excluding carboxylic acids is 2. The number of rotatable bonds is 9.